The van der Waals surface area contributed by atoms with Gasteiger partial charge in [-0.25, -0.2) is 0 Å². The van der Waals surface area contributed by atoms with Crippen molar-refractivity contribution in [1.82, 2.24) is 0 Å². The Morgan fingerprint density at radius 2 is 1.90 bits per heavy atom. The third-order valence-corrected chi connectivity index (χ3v) is 5.20. The number of nitrogens with one attached hydrogen (secondary N) is 2. The van der Waals surface area contributed by atoms with Crippen LogP contribution in [0.25, 0.3) is 21.7 Å². The van der Waals surface area contributed by atoms with Crippen LogP contribution < -0.4 is 15.4 Å². The summed E-state index contributed by atoms with van der Waals surface area (Å²) in [6, 6.07) is 17.0. The summed E-state index contributed by atoms with van der Waals surface area (Å²) >= 11 is 0. The topological polar surface area (TPSA) is 80.6 Å². The van der Waals surface area contributed by atoms with Crippen LogP contribution in [0.5, 0.6) is 5.75 Å². The number of rotatable bonds is 2. The average Bonchev–Trinajstić information content (AvgIpc) is 3.06. The Labute approximate surface area is 166 Å². The molecule has 0 aliphatic carbocycles. The standard InChI is InChI=1S/C23H18N2O4/c1-12-16-9-7-14-5-3-4-6-17(14)21(16)29-20(12)23(27)24-15-8-10-19-18(11-15)25-22(26)13(2)28-19/h3-11,13H,1-2H3,(H,24,27)(H,25,26). The molecule has 4 aromatic rings. The van der Waals surface area contributed by atoms with Crippen molar-refractivity contribution in [3.05, 3.63) is 65.9 Å². The van der Waals surface area contributed by atoms with E-state index < -0.39 is 6.10 Å². The van der Waals surface area contributed by atoms with Crippen molar-refractivity contribution in [2.24, 2.45) is 0 Å². The van der Waals surface area contributed by atoms with Gasteiger partial charge < -0.3 is 19.8 Å². The van der Waals surface area contributed by atoms with Gasteiger partial charge in [0.25, 0.3) is 11.8 Å². The van der Waals surface area contributed by atoms with Gasteiger partial charge in [0.15, 0.2) is 11.9 Å². The Balaban J connectivity index is 1.49. The zero-order valence-electron chi connectivity index (χ0n) is 15.9. The third kappa shape index (κ3) is 2.81. The number of benzene rings is 3. The Bertz CT molecular complexity index is 1310. The van der Waals surface area contributed by atoms with Crippen molar-refractivity contribution in [3.63, 3.8) is 0 Å². The van der Waals surface area contributed by atoms with Crippen LogP contribution in [0.4, 0.5) is 11.4 Å². The summed E-state index contributed by atoms with van der Waals surface area (Å²) in [6.07, 6.45) is -0.545. The lowest BCUT2D eigenvalue weighted by Crippen LogP contribution is -2.34. The summed E-state index contributed by atoms with van der Waals surface area (Å²) in [5.41, 5.74) is 2.55. The molecule has 0 bridgehead atoms. The second-order valence-corrected chi connectivity index (χ2v) is 7.13. The van der Waals surface area contributed by atoms with Gasteiger partial charge in [0.1, 0.15) is 11.3 Å². The summed E-state index contributed by atoms with van der Waals surface area (Å²) in [5, 5.41) is 8.56. The van der Waals surface area contributed by atoms with E-state index in [2.05, 4.69) is 10.6 Å². The number of ether oxygens (including phenoxy) is 1. The fourth-order valence-electron chi connectivity index (χ4n) is 3.64. The van der Waals surface area contributed by atoms with E-state index in [0.29, 0.717) is 22.7 Å². The number of hydrogen-bond donors (Lipinski definition) is 2. The van der Waals surface area contributed by atoms with Gasteiger partial charge in [-0.2, -0.15) is 0 Å². The van der Waals surface area contributed by atoms with E-state index in [1.807, 2.05) is 43.3 Å². The molecule has 1 unspecified atom stereocenters. The monoisotopic (exact) mass is 386 g/mol. The van der Waals surface area contributed by atoms with Crippen molar-refractivity contribution >= 4 is 44.9 Å². The second-order valence-electron chi connectivity index (χ2n) is 7.13. The molecule has 2 amide bonds. The van der Waals surface area contributed by atoms with E-state index in [0.717, 1.165) is 21.7 Å². The highest BCUT2D eigenvalue weighted by Crippen LogP contribution is 2.34. The summed E-state index contributed by atoms with van der Waals surface area (Å²) < 4.78 is 11.5. The average molecular weight is 386 g/mol. The van der Waals surface area contributed by atoms with Gasteiger partial charge in [-0.1, -0.05) is 36.4 Å². The predicted octanol–water partition coefficient (Wildman–Crippen LogP) is 4.87. The molecule has 1 aliphatic heterocycles. The highest BCUT2D eigenvalue weighted by molar-refractivity contribution is 6.11. The van der Waals surface area contributed by atoms with Gasteiger partial charge in [0, 0.05) is 22.0 Å². The molecule has 1 aliphatic rings. The smallest absolute Gasteiger partial charge is 0.291 e. The van der Waals surface area contributed by atoms with Crippen LogP contribution >= 0.6 is 0 Å². The molecule has 6 heteroatoms. The molecular formula is C23H18N2O4. The van der Waals surface area contributed by atoms with E-state index in [4.69, 9.17) is 9.15 Å². The van der Waals surface area contributed by atoms with Gasteiger partial charge in [-0.05, 0) is 37.4 Å². The van der Waals surface area contributed by atoms with Crippen LogP contribution in [0, 0.1) is 6.92 Å². The van der Waals surface area contributed by atoms with Crippen LogP contribution in [0.3, 0.4) is 0 Å². The largest absolute Gasteiger partial charge is 0.479 e. The van der Waals surface area contributed by atoms with E-state index in [1.54, 1.807) is 25.1 Å². The van der Waals surface area contributed by atoms with Crippen LogP contribution in [0.2, 0.25) is 0 Å². The fourth-order valence-corrected chi connectivity index (χ4v) is 3.64. The van der Waals surface area contributed by atoms with Gasteiger partial charge in [0.05, 0.1) is 5.69 Å². The number of amides is 2. The molecule has 0 spiro atoms. The summed E-state index contributed by atoms with van der Waals surface area (Å²) in [6.45, 7) is 3.56. The lowest BCUT2D eigenvalue weighted by Gasteiger charge is -2.23. The number of anilines is 2. The summed E-state index contributed by atoms with van der Waals surface area (Å²) in [5.74, 6) is 0.268. The van der Waals surface area contributed by atoms with E-state index in [-0.39, 0.29) is 17.6 Å². The SMILES string of the molecule is Cc1c(C(=O)Nc2ccc3c(c2)NC(=O)C(C)O3)oc2c1ccc1ccccc12. The van der Waals surface area contributed by atoms with Gasteiger partial charge in [0.2, 0.25) is 0 Å². The molecule has 1 aromatic heterocycles. The number of furan rings is 1. The minimum atomic E-state index is -0.545. The summed E-state index contributed by atoms with van der Waals surface area (Å²) in [7, 11) is 0. The number of hydrogen-bond acceptors (Lipinski definition) is 4. The number of carbonyl (C=O) groups excluding carboxylic acids is 2. The molecule has 144 valence electrons. The number of aryl methyl sites for hydroxylation is 1. The lowest BCUT2D eigenvalue weighted by molar-refractivity contribution is -0.122. The van der Waals surface area contributed by atoms with Gasteiger partial charge in [-0.15, -0.1) is 0 Å². The number of carbonyl (C=O) groups is 2. The number of fused-ring (bicyclic) bond motifs is 4. The van der Waals surface area contributed by atoms with Crippen molar-refractivity contribution in [1.29, 1.82) is 0 Å². The van der Waals surface area contributed by atoms with E-state index in [1.165, 1.54) is 0 Å². The minimum Gasteiger partial charge on any atom is -0.479 e. The Hall–Kier alpha value is -3.80. The molecule has 3 aromatic carbocycles. The van der Waals surface area contributed by atoms with Gasteiger partial charge >= 0.3 is 0 Å². The maximum Gasteiger partial charge on any atom is 0.291 e. The third-order valence-electron chi connectivity index (χ3n) is 5.20. The van der Waals surface area contributed by atoms with Crippen molar-refractivity contribution in [2.45, 2.75) is 20.0 Å². The Kier molecular flexibility index (Phi) is 3.81. The van der Waals surface area contributed by atoms with Crippen molar-refractivity contribution < 1.29 is 18.7 Å². The second kappa shape index (κ2) is 6.38. The zero-order chi connectivity index (χ0) is 20.1. The van der Waals surface area contributed by atoms with Crippen LogP contribution in [-0.4, -0.2) is 17.9 Å². The molecule has 0 saturated heterocycles. The quantitative estimate of drug-likeness (QED) is 0.515. The Morgan fingerprint density at radius 3 is 2.76 bits per heavy atom. The maximum absolute atomic E-state index is 12.9. The fraction of sp³-hybridized carbons (Fsp3) is 0.130. The normalized spacial score (nSPS) is 15.7. The molecule has 6 nitrogen and oxygen atoms in total. The first-order valence-corrected chi connectivity index (χ1v) is 9.35. The zero-order valence-corrected chi connectivity index (χ0v) is 15.9. The van der Waals surface area contributed by atoms with Gasteiger partial charge in [-0.3, -0.25) is 9.59 Å². The molecule has 0 fully saturated rings. The van der Waals surface area contributed by atoms with Crippen molar-refractivity contribution in [3.8, 4) is 5.75 Å². The molecule has 0 saturated carbocycles. The highest BCUT2D eigenvalue weighted by atomic mass is 16.5. The Morgan fingerprint density at radius 1 is 1.07 bits per heavy atom. The molecule has 29 heavy (non-hydrogen) atoms. The molecular weight excluding hydrogens is 368 g/mol. The molecule has 2 N–H and O–H groups in total. The van der Waals surface area contributed by atoms with E-state index in [9.17, 15) is 9.59 Å². The highest BCUT2D eigenvalue weighted by Gasteiger charge is 2.24. The predicted molar refractivity (Wildman–Crippen MR) is 112 cm³/mol. The minimum absolute atomic E-state index is 0.221. The molecule has 0 radical (unpaired) electrons. The first kappa shape index (κ1) is 17.3. The first-order valence-electron chi connectivity index (χ1n) is 9.35. The lowest BCUT2D eigenvalue weighted by atomic mass is 10.1. The van der Waals surface area contributed by atoms with E-state index >= 15 is 0 Å². The maximum atomic E-state index is 12.9. The summed E-state index contributed by atoms with van der Waals surface area (Å²) in [4.78, 5) is 24.7. The first-order chi connectivity index (χ1) is 14.0. The van der Waals surface area contributed by atoms with Crippen LogP contribution in [0.15, 0.2) is 59.0 Å². The van der Waals surface area contributed by atoms with Crippen LogP contribution in [-0.2, 0) is 4.79 Å². The molecule has 5 rings (SSSR count). The van der Waals surface area contributed by atoms with Crippen LogP contribution in [0.1, 0.15) is 23.0 Å². The molecule has 1 atom stereocenters. The van der Waals surface area contributed by atoms with Crippen molar-refractivity contribution in [2.75, 3.05) is 10.6 Å². The molecule has 2 heterocycles.